The molecule has 0 N–H and O–H groups in total. The molecule has 1 aliphatic heterocycles. The number of thiophene rings is 1. The summed E-state index contributed by atoms with van der Waals surface area (Å²) in [5.41, 5.74) is 1.51. The van der Waals surface area contributed by atoms with Crippen LogP contribution in [0, 0.1) is 0 Å². The van der Waals surface area contributed by atoms with Gasteiger partial charge in [-0.3, -0.25) is 4.79 Å². The molecule has 2 aromatic heterocycles. The Labute approximate surface area is 150 Å². The van der Waals surface area contributed by atoms with Crippen molar-refractivity contribution in [2.45, 2.75) is 19.1 Å². The Bertz CT molecular complexity index is 950. The Hall–Kier alpha value is -2.68. The second kappa shape index (κ2) is 6.24. The van der Waals surface area contributed by atoms with Crippen LogP contribution in [0.4, 0.5) is 13.2 Å². The molecule has 1 amide bonds. The van der Waals surface area contributed by atoms with E-state index in [1.54, 1.807) is 35.2 Å². The van der Waals surface area contributed by atoms with E-state index in [4.69, 9.17) is 0 Å². The smallest absolute Gasteiger partial charge is 0.334 e. The minimum Gasteiger partial charge on any atom is -0.334 e. The number of nitrogens with zero attached hydrogens (tertiary/aromatic N) is 3. The SMILES string of the molecule is O=C(c1ccccc1)N1CCc2sc(-c3noc(C(F)(F)F)n3)cc2C1. The molecule has 3 heterocycles. The lowest BCUT2D eigenvalue weighted by atomic mass is 10.1. The quantitative estimate of drug-likeness (QED) is 0.675. The van der Waals surface area contributed by atoms with Gasteiger partial charge in [-0.25, -0.2) is 0 Å². The average molecular weight is 379 g/mol. The molecule has 0 radical (unpaired) electrons. The zero-order chi connectivity index (χ0) is 18.3. The van der Waals surface area contributed by atoms with Gasteiger partial charge in [-0.05, 0) is 30.2 Å². The van der Waals surface area contributed by atoms with E-state index in [-0.39, 0.29) is 11.7 Å². The molecule has 0 saturated heterocycles. The summed E-state index contributed by atoms with van der Waals surface area (Å²) in [6.45, 7) is 0.963. The highest BCUT2D eigenvalue weighted by Gasteiger charge is 2.38. The molecule has 0 bridgehead atoms. The number of hydrogen-bond acceptors (Lipinski definition) is 5. The number of alkyl halides is 3. The van der Waals surface area contributed by atoms with E-state index in [1.807, 2.05) is 6.07 Å². The normalized spacial score (nSPS) is 14.3. The zero-order valence-electron chi connectivity index (χ0n) is 13.3. The van der Waals surface area contributed by atoms with Gasteiger partial charge < -0.3 is 9.42 Å². The van der Waals surface area contributed by atoms with E-state index in [9.17, 15) is 18.0 Å². The molecular weight excluding hydrogens is 367 g/mol. The number of aromatic nitrogens is 2. The topological polar surface area (TPSA) is 59.2 Å². The number of rotatable bonds is 2. The highest BCUT2D eigenvalue weighted by molar-refractivity contribution is 7.15. The number of hydrogen-bond donors (Lipinski definition) is 0. The highest BCUT2D eigenvalue weighted by atomic mass is 32.1. The molecular formula is C17H12F3N3O2S. The van der Waals surface area contributed by atoms with Crippen LogP contribution in [0.15, 0.2) is 40.9 Å². The molecule has 134 valence electrons. The molecule has 0 saturated carbocycles. The summed E-state index contributed by atoms with van der Waals surface area (Å²) in [6, 6.07) is 10.7. The first-order valence-electron chi connectivity index (χ1n) is 7.79. The zero-order valence-corrected chi connectivity index (χ0v) is 14.1. The third kappa shape index (κ3) is 3.10. The maximum atomic E-state index is 12.6. The Morgan fingerprint density at radius 3 is 2.69 bits per heavy atom. The number of benzene rings is 1. The van der Waals surface area contributed by atoms with Gasteiger partial charge in [-0.2, -0.15) is 18.2 Å². The molecule has 0 aliphatic carbocycles. The summed E-state index contributed by atoms with van der Waals surface area (Å²) in [4.78, 5) is 19.2. The van der Waals surface area contributed by atoms with Crippen LogP contribution < -0.4 is 0 Å². The molecule has 0 atom stereocenters. The van der Waals surface area contributed by atoms with Crippen molar-refractivity contribution in [1.29, 1.82) is 0 Å². The van der Waals surface area contributed by atoms with Gasteiger partial charge in [0.1, 0.15) is 0 Å². The van der Waals surface area contributed by atoms with Crippen LogP contribution in [0.1, 0.15) is 26.7 Å². The molecule has 9 heteroatoms. The van der Waals surface area contributed by atoms with E-state index >= 15 is 0 Å². The van der Waals surface area contributed by atoms with Crippen molar-refractivity contribution in [3.05, 3.63) is 58.3 Å². The number of fused-ring (bicyclic) bond motifs is 1. The molecule has 1 aromatic carbocycles. The monoisotopic (exact) mass is 379 g/mol. The minimum atomic E-state index is -4.67. The predicted octanol–water partition coefficient (Wildman–Crippen LogP) is 4.02. The Morgan fingerprint density at radius 1 is 1.23 bits per heavy atom. The van der Waals surface area contributed by atoms with E-state index in [2.05, 4.69) is 14.7 Å². The van der Waals surface area contributed by atoms with Gasteiger partial charge in [0.15, 0.2) is 0 Å². The van der Waals surface area contributed by atoms with Gasteiger partial charge in [-0.15, -0.1) is 11.3 Å². The first-order valence-corrected chi connectivity index (χ1v) is 8.60. The van der Waals surface area contributed by atoms with E-state index in [1.165, 1.54) is 11.3 Å². The van der Waals surface area contributed by atoms with E-state index in [0.717, 1.165) is 10.4 Å². The summed E-state index contributed by atoms with van der Waals surface area (Å²) in [6.07, 6.45) is -4.02. The summed E-state index contributed by atoms with van der Waals surface area (Å²) in [5.74, 6) is -1.51. The largest absolute Gasteiger partial charge is 0.471 e. The standard InChI is InChI=1S/C17H12F3N3O2S/c18-17(19,20)16-21-14(22-25-16)13-8-11-9-23(7-6-12(11)26-13)15(24)10-4-2-1-3-5-10/h1-5,8H,6-7,9H2. The predicted molar refractivity (Wildman–Crippen MR) is 87.5 cm³/mol. The van der Waals surface area contributed by atoms with Gasteiger partial charge in [-0.1, -0.05) is 23.4 Å². The van der Waals surface area contributed by atoms with Gasteiger partial charge in [0, 0.05) is 23.5 Å². The fourth-order valence-corrected chi connectivity index (χ4v) is 3.91. The van der Waals surface area contributed by atoms with Crippen LogP contribution in [0.3, 0.4) is 0 Å². The van der Waals surface area contributed by atoms with Crippen LogP contribution in [0.2, 0.25) is 0 Å². The first kappa shape index (κ1) is 16.8. The van der Waals surface area contributed by atoms with Crippen molar-refractivity contribution < 1.29 is 22.5 Å². The summed E-state index contributed by atoms with van der Waals surface area (Å²) in [5, 5.41) is 3.42. The van der Waals surface area contributed by atoms with Crippen molar-refractivity contribution in [3.63, 3.8) is 0 Å². The molecule has 4 rings (SSSR count). The molecule has 0 spiro atoms. The van der Waals surface area contributed by atoms with Gasteiger partial charge >= 0.3 is 12.1 Å². The molecule has 0 fully saturated rings. The second-order valence-electron chi connectivity index (χ2n) is 5.82. The summed E-state index contributed by atoms with van der Waals surface area (Å²) < 4.78 is 42.1. The third-order valence-corrected chi connectivity index (χ3v) is 5.30. The van der Waals surface area contributed by atoms with Gasteiger partial charge in [0.2, 0.25) is 5.82 Å². The van der Waals surface area contributed by atoms with Gasteiger partial charge in [0.05, 0.1) is 4.88 Å². The maximum absolute atomic E-state index is 12.6. The minimum absolute atomic E-state index is 0.0667. The van der Waals surface area contributed by atoms with E-state index < -0.39 is 12.1 Å². The Balaban J connectivity index is 1.56. The lowest BCUT2D eigenvalue weighted by molar-refractivity contribution is -0.159. The van der Waals surface area contributed by atoms with Crippen molar-refractivity contribution in [2.75, 3.05) is 6.54 Å². The number of carbonyl (C=O) groups excluding carboxylic acids is 1. The highest BCUT2D eigenvalue weighted by Crippen LogP contribution is 2.35. The molecule has 5 nitrogen and oxygen atoms in total. The molecule has 0 unspecified atom stereocenters. The van der Waals surface area contributed by atoms with Crippen LogP contribution in [-0.4, -0.2) is 27.5 Å². The lowest BCUT2D eigenvalue weighted by Gasteiger charge is -2.27. The fraction of sp³-hybridized carbons (Fsp3) is 0.235. The molecule has 3 aromatic rings. The Kier molecular flexibility index (Phi) is 4.03. The van der Waals surface area contributed by atoms with Crippen LogP contribution in [-0.2, 0) is 19.1 Å². The maximum Gasteiger partial charge on any atom is 0.471 e. The lowest BCUT2D eigenvalue weighted by Crippen LogP contribution is -2.35. The fourth-order valence-electron chi connectivity index (χ4n) is 2.82. The number of carbonyl (C=O) groups is 1. The van der Waals surface area contributed by atoms with Crippen molar-refractivity contribution >= 4 is 17.2 Å². The van der Waals surface area contributed by atoms with E-state index in [0.29, 0.717) is 30.0 Å². The second-order valence-corrected chi connectivity index (χ2v) is 6.96. The van der Waals surface area contributed by atoms with Crippen molar-refractivity contribution in [2.24, 2.45) is 0 Å². The Morgan fingerprint density at radius 2 is 2.00 bits per heavy atom. The number of halogens is 3. The summed E-state index contributed by atoms with van der Waals surface area (Å²) in [7, 11) is 0. The van der Waals surface area contributed by atoms with Crippen molar-refractivity contribution in [3.8, 4) is 10.7 Å². The third-order valence-electron chi connectivity index (χ3n) is 4.06. The van der Waals surface area contributed by atoms with Crippen molar-refractivity contribution in [1.82, 2.24) is 15.0 Å². The summed E-state index contributed by atoms with van der Waals surface area (Å²) >= 11 is 1.33. The molecule has 26 heavy (non-hydrogen) atoms. The number of amides is 1. The van der Waals surface area contributed by atoms with Crippen LogP contribution in [0.5, 0.6) is 0 Å². The average Bonchev–Trinajstić information content (AvgIpc) is 3.27. The van der Waals surface area contributed by atoms with Crippen LogP contribution in [0.25, 0.3) is 10.7 Å². The van der Waals surface area contributed by atoms with Crippen LogP contribution >= 0.6 is 11.3 Å². The molecule has 1 aliphatic rings. The van der Waals surface area contributed by atoms with Gasteiger partial charge in [0.25, 0.3) is 5.91 Å². The first-order chi connectivity index (χ1) is 12.4.